The summed E-state index contributed by atoms with van der Waals surface area (Å²) in [6.07, 6.45) is 1.43. The van der Waals surface area contributed by atoms with Gasteiger partial charge in [0.1, 0.15) is 18.2 Å². The van der Waals surface area contributed by atoms with E-state index in [9.17, 15) is 14.0 Å². The summed E-state index contributed by atoms with van der Waals surface area (Å²) in [7, 11) is 1.58. The standard InChI is InChI=1S/C34H33FN2O6S/c1-6-41-28-17-23(9-16-27(28)42-19-22-7-12-25(35)13-8-22)18-29-32(38)37-31(24-10-14-26(40-5)15-11-24)30(33(39)43-20(2)3)21(4)36-34(37)44-29/h7-18,20,31H,6,19H2,1-5H3/b29-18-. The van der Waals surface area contributed by atoms with Crippen LogP contribution in [-0.4, -0.2) is 30.4 Å². The lowest BCUT2D eigenvalue weighted by molar-refractivity contribution is -0.143. The highest BCUT2D eigenvalue weighted by molar-refractivity contribution is 7.07. The highest BCUT2D eigenvalue weighted by atomic mass is 32.1. The third kappa shape index (κ3) is 6.60. The molecule has 10 heteroatoms. The Hall–Kier alpha value is -4.70. The third-order valence-corrected chi connectivity index (χ3v) is 7.87. The topological polar surface area (TPSA) is 88.4 Å². The van der Waals surface area contributed by atoms with Crippen LogP contribution in [0.25, 0.3) is 6.08 Å². The van der Waals surface area contributed by atoms with Crippen LogP contribution in [0.5, 0.6) is 17.2 Å². The van der Waals surface area contributed by atoms with Gasteiger partial charge < -0.3 is 18.9 Å². The molecule has 2 heterocycles. The number of ether oxygens (including phenoxy) is 4. The molecule has 0 fully saturated rings. The Morgan fingerprint density at radius 1 is 1.05 bits per heavy atom. The summed E-state index contributed by atoms with van der Waals surface area (Å²) in [6.45, 7) is 7.84. The van der Waals surface area contributed by atoms with Crippen molar-refractivity contribution in [3.05, 3.63) is 120 Å². The average molecular weight is 617 g/mol. The predicted molar refractivity (Wildman–Crippen MR) is 166 cm³/mol. The fraction of sp³-hybridized carbons (Fsp3) is 0.265. The first-order valence-corrected chi connectivity index (χ1v) is 15.0. The lowest BCUT2D eigenvalue weighted by Gasteiger charge is -2.25. The van der Waals surface area contributed by atoms with E-state index in [2.05, 4.69) is 4.99 Å². The SMILES string of the molecule is CCOc1cc(/C=c2\sc3n(c2=O)C(c2ccc(OC)cc2)C(C(=O)OC(C)C)=C(C)N=3)ccc1OCc1ccc(F)cc1. The van der Waals surface area contributed by atoms with Crippen molar-refractivity contribution >= 4 is 23.4 Å². The monoisotopic (exact) mass is 616 g/mol. The normalized spacial score (nSPS) is 14.7. The zero-order valence-corrected chi connectivity index (χ0v) is 25.9. The number of nitrogens with zero attached hydrogens (tertiary/aromatic N) is 2. The smallest absolute Gasteiger partial charge is 0.338 e. The van der Waals surface area contributed by atoms with Crippen molar-refractivity contribution in [3.63, 3.8) is 0 Å². The van der Waals surface area contributed by atoms with Gasteiger partial charge in [-0.05, 0) is 86.9 Å². The van der Waals surface area contributed by atoms with Crippen molar-refractivity contribution in [1.29, 1.82) is 0 Å². The summed E-state index contributed by atoms with van der Waals surface area (Å²) >= 11 is 1.24. The molecule has 1 aromatic heterocycles. The lowest BCUT2D eigenvalue weighted by atomic mass is 9.96. The number of carbonyl (C=O) groups excluding carboxylic acids is 1. The summed E-state index contributed by atoms with van der Waals surface area (Å²) in [5.74, 6) is 0.868. The van der Waals surface area contributed by atoms with E-state index in [-0.39, 0.29) is 24.1 Å². The van der Waals surface area contributed by atoms with Gasteiger partial charge in [-0.2, -0.15) is 0 Å². The van der Waals surface area contributed by atoms with Crippen LogP contribution in [0.3, 0.4) is 0 Å². The summed E-state index contributed by atoms with van der Waals surface area (Å²) in [5.41, 5.74) is 2.78. The molecular formula is C34H33FN2O6S. The Balaban J connectivity index is 1.55. The lowest BCUT2D eigenvalue weighted by Crippen LogP contribution is -2.40. The molecule has 0 bridgehead atoms. The number of allylic oxidation sites excluding steroid dienone is 1. The van der Waals surface area contributed by atoms with Gasteiger partial charge in [-0.3, -0.25) is 9.36 Å². The Morgan fingerprint density at radius 2 is 1.77 bits per heavy atom. The van der Waals surface area contributed by atoms with Crippen LogP contribution in [0, 0.1) is 5.82 Å². The molecule has 5 rings (SSSR count). The second-order valence-corrected chi connectivity index (χ2v) is 11.4. The number of rotatable bonds is 10. The zero-order chi connectivity index (χ0) is 31.4. The van der Waals surface area contributed by atoms with Crippen molar-refractivity contribution in [2.45, 2.75) is 46.4 Å². The molecule has 0 saturated heterocycles. The Kier molecular flexibility index (Phi) is 9.29. The number of halogens is 1. The van der Waals surface area contributed by atoms with Crippen LogP contribution in [0.1, 0.15) is 50.4 Å². The van der Waals surface area contributed by atoms with Crippen molar-refractivity contribution in [2.75, 3.05) is 13.7 Å². The van der Waals surface area contributed by atoms with Crippen LogP contribution in [0.15, 0.2) is 87.8 Å². The summed E-state index contributed by atoms with van der Waals surface area (Å²) < 4.78 is 38.0. The highest BCUT2D eigenvalue weighted by Gasteiger charge is 2.33. The molecule has 0 aliphatic carbocycles. The molecule has 1 unspecified atom stereocenters. The fourth-order valence-corrected chi connectivity index (χ4v) is 5.90. The first kappa shape index (κ1) is 30.7. The third-order valence-electron chi connectivity index (χ3n) is 6.89. The molecule has 0 radical (unpaired) electrons. The molecule has 1 aliphatic rings. The second-order valence-electron chi connectivity index (χ2n) is 10.4. The van der Waals surface area contributed by atoms with Crippen LogP contribution in [-0.2, 0) is 16.1 Å². The van der Waals surface area contributed by atoms with Gasteiger partial charge in [0.15, 0.2) is 16.3 Å². The molecule has 8 nitrogen and oxygen atoms in total. The number of methoxy groups -OCH3 is 1. The number of carbonyl (C=O) groups is 1. The van der Waals surface area contributed by atoms with E-state index in [1.54, 1.807) is 74.9 Å². The largest absolute Gasteiger partial charge is 0.497 e. The number of aromatic nitrogens is 1. The predicted octanol–water partition coefficient (Wildman–Crippen LogP) is 5.31. The molecule has 0 saturated carbocycles. The van der Waals surface area contributed by atoms with Gasteiger partial charge in [-0.15, -0.1) is 0 Å². The zero-order valence-electron chi connectivity index (χ0n) is 25.1. The van der Waals surface area contributed by atoms with Crippen LogP contribution < -0.4 is 29.1 Å². The number of hydrogen-bond acceptors (Lipinski definition) is 8. The molecule has 4 aromatic rings. The van der Waals surface area contributed by atoms with E-state index in [0.29, 0.717) is 44.5 Å². The van der Waals surface area contributed by atoms with Gasteiger partial charge in [0.2, 0.25) is 0 Å². The fourth-order valence-electron chi connectivity index (χ4n) is 4.86. The molecule has 0 N–H and O–H groups in total. The quantitative estimate of drug-likeness (QED) is 0.225. The van der Waals surface area contributed by atoms with E-state index >= 15 is 0 Å². The number of hydrogen-bond donors (Lipinski definition) is 0. The van der Waals surface area contributed by atoms with Gasteiger partial charge in [-0.25, -0.2) is 14.2 Å². The van der Waals surface area contributed by atoms with Gasteiger partial charge >= 0.3 is 5.97 Å². The maximum absolute atomic E-state index is 14.0. The number of esters is 1. The van der Waals surface area contributed by atoms with Crippen molar-refractivity contribution < 1.29 is 28.1 Å². The minimum atomic E-state index is -0.730. The molecule has 0 amide bonds. The van der Waals surface area contributed by atoms with Crippen molar-refractivity contribution in [1.82, 2.24) is 4.57 Å². The maximum atomic E-state index is 14.0. The van der Waals surface area contributed by atoms with Gasteiger partial charge in [0.05, 0.1) is 41.7 Å². The highest BCUT2D eigenvalue weighted by Crippen LogP contribution is 2.32. The summed E-state index contributed by atoms with van der Waals surface area (Å²) in [6, 6.07) is 18.0. The van der Waals surface area contributed by atoms with E-state index in [0.717, 1.165) is 16.7 Å². The van der Waals surface area contributed by atoms with E-state index in [1.165, 1.54) is 23.5 Å². The van der Waals surface area contributed by atoms with E-state index in [1.807, 2.05) is 25.1 Å². The minimum absolute atomic E-state index is 0.241. The number of benzene rings is 3. The molecule has 3 aromatic carbocycles. The molecule has 1 atom stereocenters. The Labute approximate surface area is 258 Å². The van der Waals surface area contributed by atoms with Gasteiger partial charge in [0, 0.05) is 0 Å². The molecule has 1 aliphatic heterocycles. The van der Waals surface area contributed by atoms with E-state index in [4.69, 9.17) is 18.9 Å². The first-order chi connectivity index (χ1) is 21.2. The number of fused-ring (bicyclic) bond motifs is 1. The average Bonchev–Trinajstić information content (AvgIpc) is 3.30. The second kappa shape index (κ2) is 13.3. The molecule has 0 spiro atoms. The van der Waals surface area contributed by atoms with Crippen LogP contribution >= 0.6 is 11.3 Å². The van der Waals surface area contributed by atoms with Crippen LogP contribution in [0.2, 0.25) is 0 Å². The van der Waals surface area contributed by atoms with Crippen molar-refractivity contribution in [3.8, 4) is 17.2 Å². The minimum Gasteiger partial charge on any atom is -0.497 e. The number of thiazole rings is 1. The summed E-state index contributed by atoms with van der Waals surface area (Å²) in [5, 5.41) is 0. The molecule has 228 valence electrons. The van der Waals surface area contributed by atoms with Gasteiger partial charge in [-0.1, -0.05) is 41.7 Å². The van der Waals surface area contributed by atoms with Crippen LogP contribution in [0.4, 0.5) is 4.39 Å². The Morgan fingerprint density at radius 3 is 2.43 bits per heavy atom. The first-order valence-electron chi connectivity index (χ1n) is 14.2. The molecule has 44 heavy (non-hydrogen) atoms. The maximum Gasteiger partial charge on any atom is 0.338 e. The summed E-state index contributed by atoms with van der Waals surface area (Å²) in [4.78, 5) is 32.4. The van der Waals surface area contributed by atoms with E-state index < -0.39 is 12.0 Å². The Bertz CT molecular complexity index is 1870. The van der Waals surface area contributed by atoms with Gasteiger partial charge in [0.25, 0.3) is 5.56 Å². The van der Waals surface area contributed by atoms with Crippen molar-refractivity contribution in [2.24, 2.45) is 4.99 Å². The molecular weight excluding hydrogens is 583 g/mol.